The number of carboxylic acids is 1. The number of amides is 1. The van der Waals surface area contributed by atoms with Crippen molar-refractivity contribution < 1.29 is 24.2 Å². The van der Waals surface area contributed by atoms with Gasteiger partial charge in [-0.05, 0) is 43.6 Å². The molecule has 2 aromatic rings. The van der Waals surface area contributed by atoms with Gasteiger partial charge in [0.25, 0.3) is 0 Å². The molecule has 2 N–H and O–H groups in total. The Hall–Kier alpha value is -2.61. The monoisotopic (exact) mass is 402 g/mol. The number of aryl methyl sites for hydroxylation is 1. The van der Waals surface area contributed by atoms with Crippen LogP contribution in [0.15, 0.2) is 30.3 Å². The number of nitrogens with one attached hydrogen (secondary N) is 1. The van der Waals surface area contributed by atoms with Gasteiger partial charge in [0.05, 0.1) is 5.01 Å². The summed E-state index contributed by atoms with van der Waals surface area (Å²) in [6.07, 6.45) is 3.12. The molecule has 1 heterocycles. The van der Waals surface area contributed by atoms with Gasteiger partial charge < -0.3 is 19.9 Å². The highest BCUT2D eigenvalue weighted by molar-refractivity contribution is 7.13. The van der Waals surface area contributed by atoms with Crippen LogP contribution in [0.1, 0.15) is 45.9 Å². The molecule has 148 valence electrons. The van der Waals surface area contributed by atoms with Crippen molar-refractivity contribution in [1.29, 1.82) is 0 Å². The van der Waals surface area contributed by atoms with Crippen molar-refractivity contribution in [2.45, 2.75) is 51.4 Å². The van der Waals surface area contributed by atoms with E-state index in [0.29, 0.717) is 5.01 Å². The predicted octanol–water partition coefficient (Wildman–Crippen LogP) is 3.77. The SMILES string of the molecule is Cc1nc(O[C@H]2CC3(C[C@H](NC(=O)OCc4ccccc4)C3)C2)c(C(=O)O)s1. The first kappa shape index (κ1) is 18.7. The third kappa shape index (κ3) is 3.96. The summed E-state index contributed by atoms with van der Waals surface area (Å²) in [5.41, 5.74) is 1.15. The third-order valence-corrected chi connectivity index (χ3v) is 6.33. The molecule has 1 aromatic carbocycles. The fraction of sp³-hybridized carbons (Fsp3) is 0.450. The lowest BCUT2D eigenvalue weighted by Crippen LogP contribution is -2.58. The number of alkyl carbamates (subject to hydrolysis) is 1. The van der Waals surface area contributed by atoms with Gasteiger partial charge in [0.2, 0.25) is 5.88 Å². The second kappa shape index (κ2) is 7.43. The molecule has 0 atom stereocenters. The van der Waals surface area contributed by atoms with Gasteiger partial charge >= 0.3 is 12.1 Å². The van der Waals surface area contributed by atoms with Crippen molar-refractivity contribution in [3.63, 3.8) is 0 Å². The third-order valence-electron chi connectivity index (χ3n) is 5.39. The fourth-order valence-corrected chi connectivity index (χ4v) is 4.82. The van der Waals surface area contributed by atoms with Gasteiger partial charge in [-0.25, -0.2) is 14.6 Å². The van der Waals surface area contributed by atoms with Crippen LogP contribution in [-0.4, -0.2) is 34.3 Å². The van der Waals surface area contributed by atoms with E-state index in [1.807, 2.05) is 30.3 Å². The Kier molecular flexibility index (Phi) is 4.97. The lowest BCUT2D eigenvalue weighted by molar-refractivity contribution is -0.0856. The maximum Gasteiger partial charge on any atom is 0.407 e. The largest absolute Gasteiger partial charge is 0.477 e. The minimum atomic E-state index is -1.00. The Morgan fingerprint density at radius 2 is 1.96 bits per heavy atom. The van der Waals surface area contributed by atoms with Crippen LogP contribution < -0.4 is 10.1 Å². The van der Waals surface area contributed by atoms with E-state index >= 15 is 0 Å². The number of hydrogen-bond donors (Lipinski definition) is 2. The number of benzene rings is 1. The van der Waals surface area contributed by atoms with Crippen molar-refractivity contribution in [2.24, 2.45) is 5.41 Å². The highest BCUT2D eigenvalue weighted by atomic mass is 32.1. The lowest BCUT2D eigenvalue weighted by Gasteiger charge is -2.56. The number of thiazole rings is 1. The molecule has 0 saturated heterocycles. The van der Waals surface area contributed by atoms with Gasteiger partial charge in [-0.1, -0.05) is 30.3 Å². The first-order chi connectivity index (χ1) is 13.4. The summed E-state index contributed by atoms with van der Waals surface area (Å²) >= 11 is 1.13. The van der Waals surface area contributed by atoms with Crippen LogP contribution in [0.5, 0.6) is 5.88 Å². The Balaban J connectivity index is 1.18. The van der Waals surface area contributed by atoms with Gasteiger partial charge in [-0.3, -0.25) is 0 Å². The zero-order valence-electron chi connectivity index (χ0n) is 15.5. The van der Waals surface area contributed by atoms with Crippen LogP contribution in [0.4, 0.5) is 4.79 Å². The summed E-state index contributed by atoms with van der Waals surface area (Å²) in [6, 6.07) is 9.70. The van der Waals surface area contributed by atoms with E-state index in [9.17, 15) is 14.7 Å². The Morgan fingerprint density at radius 1 is 1.25 bits per heavy atom. The number of aromatic nitrogens is 1. The van der Waals surface area contributed by atoms with Gasteiger partial charge in [-0.15, -0.1) is 11.3 Å². The van der Waals surface area contributed by atoms with Crippen molar-refractivity contribution in [1.82, 2.24) is 10.3 Å². The Labute approximate surface area is 166 Å². The summed E-state index contributed by atoms with van der Waals surface area (Å²) in [5, 5.41) is 12.8. The molecular weight excluding hydrogens is 380 g/mol. The lowest BCUT2D eigenvalue weighted by atomic mass is 9.53. The van der Waals surface area contributed by atoms with E-state index in [1.54, 1.807) is 6.92 Å². The number of rotatable bonds is 6. The molecule has 4 rings (SSSR count). The molecule has 1 spiro atoms. The molecular formula is C20H22N2O5S. The maximum atomic E-state index is 11.9. The van der Waals surface area contributed by atoms with Gasteiger partial charge in [-0.2, -0.15) is 0 Å². The molecule has 0 radical (unpaired) electrons. The molecule has 1 aromatic heterocycles. The van der Waals surface area contributed by atoms with Gasteiger partial charge in [0, 0.05) is 6.04 Å². The van der Waals surface area contributed by atoms with Crippen molar-refractivity contribution in [2.75, 3.05) is 0 Å². The number of aromatic carboxylic acids is 1. The average Bonchev–Trinajstić information content (AvgIpc) is 2.98. The van der Waals surface area contributed by atoms with E-state index in [0.717, 1.165) is 42.6 Å². The number of carbonyl (C=O) groups excluding carboxylic acids is 1. The normalized spacial score (nSPS) is 25.5. The number of ether oxygens (including phenoxy) is 2. The molecule has 1 amide bonds. The highest BCUT2D eigenvalue weighted by Crippen LogP contribution is 2.56. The second-order valence-corrected chi connectivity index (χ2v) is 8.83. The Morgan fingerprint density at radius 3 is 2.64 bits per heavy atom. The zero-order chi connectivity index (χ0) is 19.7. The first-order valence-electron chi connectivity index (χ1n) is 9.27. The molecule has 28 heavy (non-hydrogen) atoms. The zero-order valence-corrected chi connectivity index (χ0v) is 16.3. The summed E-state index contributed by atoms with van der Waals surface area (Å²) in [4.78, 5) is 27.5. The summed E-state index contributed by atoms with van der Waals surface area (Å²) < 4.78 is 11.1. The van der Waals surface area contributed by atoms with Crippen LogP contribution in [-0.2, 0) is 11.3 Å². The number of carboxylic acid groups (broad SMARTS) is 1. The molecule has 7 nitrogen and oxygen atoms in total. The smallest absolute Gasteiger partial charge is 0.407 e. The van der Waals surface area contributed by atoms with E-state index in [-0.39, 0.29) is 41.0 Å². The van der Waals surface area contributed by atoms with Crippen LogP contribution in [0, 0.1) is 12.3 Å². The molecule has 2 saturated carbocycles. The van der Waals surface area contributed by atoms with Crippen LogP contribution in [0.2, 0.25) is 0 Å². The number of hydrogen-bond acceptors (Lipinski definition) is 6. The number of nitrogens with zero attached hydrogens (tertiary/aromatic N) is 1. The van der Waals surface area contributed by atoms with Gasteiger partial charge in [0.1, 0.15) is 12.7 Å². The molecule has 0 unspecified atom stereocenters. The maximum absolute atomic E-state index is 11.9. The molecule has 0 bridgehead atoms. The molecule has 8 heteroatoms. The topological polar surface area (TPSA) is 97.8 Å². The van der Waals surface area contributed by atoms with Crippen molar-refractivity contribution in [3.05, 3.63) is 45.8 Å². The van der Waals surface area contributed by atoms with Crippen LogP contribution >= 0.6 is 11.3 Å². The second-order valence-electron chi connectivity index (χ2n) is 7.63. The Bertz CT molecular complexity index is 868. The summed E-state index contributed by atoms with van der Waals surface area (Å²) in [5.74, 6) is -0.773. The van der Waals surface area contributed by atoms with Crippen LogP contribution in [0.25, 0.3) is 0 Å². The number of carbonyl (C=O) groups is 2. The molecule has 2 fully saturated rings. The van der Waals surface area contributed by atoms with E-state index in [1.165, 1.54) is 0 Å². The summed E-state index contributed by atoms with van der Waals surface area (Å²) in [6.45, 7) is 2.03. The average molecular weight is 402 g/mol. The standard InChI is InChI=1S/C20H22N2O5S/c1-12-21-17(16(28-12)18(23)24)27-15-9-20(10-15)7-14(8-20)22-19(25)26-11-13-5-3-2-4-6-13/h2-6,14-15H,7-11H2,1H3,(H,22,25)(H,23,24)/t14-,15-,20?. The predicted molar refractivity (Wildman–Crippen MR) is 103 cm³/mol. The van der Waals surface area contributed by atoms with Gasteiger partial charge in [0.15, 0.2) is 4.88 Å². The minimum Gasteiger partial charge on any atom is -0.477 e. The van der Waals surface area contributed by atoms with E-state index in [2.05, 4.69) is 10.3 Å². The summed E-state index contributed by atoms with van der Waals surface area (Å²) in [7, 11) is 0. The van der Waals surface area contributed by atoms with E-state index in [4.69, 9.17) is 9.47 Å². The molecule has 2 aliphatic rings. The van der Waals surface area contributed by atoms with Crippen molar-refractivity contribution in [3.8, 4) is 5.88 Å². The first-order valence-corrected chi connectivity index (χ1v) is 10.1. The highest BCUT2D eigenvalue weighted by Gasteiger charge is 2.54. The molecule has 2 aliphatic carbocycles. The van der Waals surface area contributed by atoms with E-state index < -0.39 is 5.97 Å². The molecule has 0 aliphatic heterocycles. The van der Waals surface area contributed by atoms with Crippen LogP contribution in [0.3, 0.4) is 0 Å². The quantitative estimate of drug-likeness (QED) is 0.763. The minimum absolute atomic E-state index is 0.00872. The van der Waals surface area contributed by atoms with Crippen molar-refractivity contribution >= 4 is 23.4 Å². The fourth-order valence-electron chi connectivity index (χ4n) is 4.12.